The summed E-state index contributed by atoms with van der Waals surface area (Å²) in [4.78, 5) is 11.8. The Hall–Kier alpha value is -0.810. The van der Waals surface area contributed by atoms with E-state index in [4.69, 9.17) is 14.2 Å². The molecule has 0 aromatic heterocycles. The van der Waals surface area contributed by atoms with Gasteiger partial charge in [0.2, 0.25) is 0 Å². The molecule has 5 nitrogen and oxygen atoms in total. The van der Waals surface area contributed by atoms with Gasteiger partial charge in [-0.1, -0.05) is 19.3 Å². The fourth-order valence-corrected chi connectivity index (χ4v) is 3.13. The quantitative estimate of drug-likeness (QED) is 0.817. The van der Waals surface area contributed by atoms with Crippen LogP contribution in [0, 0.1) is 5.92 Å². The van der Waals surface area contributed by atoms with Crippen LogP contribution in [0.2, 0.25) is 0 Å². The number of fused-ring (bicyclic) bond motifs is 1. The summed E-state index contributed by atoms with van der Waals surface area (Å²) >= 11 is 0. The third kappa shape index (κ3) is 2.62. The second-order valence-corrected chi connectivity index (χ2v) is 5.45. The summed E-state index contributed by atoms with van der Waals surface area (Å²) in [6, 6.07) is 0.296. The van der Waals surface area contributed by atoms with E-state index in [-0.39, 0.29) is 24.4 Å². The average Bonchev–Trinajstić information content (AvgIpc) is 2.95. The molecule has 1 unspecified atom stereocenters. The molecule has 1 saturated carbocycles. The number of nitrogens with one attached hydrogen (secondary N) is 1. The van der Waals surface area contributed by atoms with Gasteiger partial charge in [-0.25, -0.2) is 4.79 Å². The van der Waals surface area contributed by atoms with Gasteiger partial charge in [-0.05, 0) is 19.3 Å². The highest BCUT2D eigenvalue weighted by atomic mass is 16.7. The van der Waals surface area contributed by atoms with Crippen LogP contribution in [0.4, 0.5) is 4.79 Å². The van der Waals surface area contributed by atoms with Crippen molar-refractivity contribution >= 4 is 6.09 Å². The van der Waals surface area contributed by atoms with Crippen LogP contribution in [-0.2, 0) is 14.2 Å². The fraction of sp³-hybridized carbons (Fsp3) is 0.923. The van der Waals surface area contributed by atoms with E-state index in [1.807, 2.05) is 0 Å². The van der Waals surface area contributed by atoms with Crippen molar-refractivity contribution in [2.45, 2.75) is 57.0 Å². The van der Waals surface area contributed by atoms with Crippen molar-refractivity contribution < 1.29 is 19.0 Å². The summed E-state index contributed by atoms with van der Waals surface area (Å²) in [5, 5.41) is 2.97. The molecule has 18 heavy (non-hydrogen) atoms. The lowest BCUT2D eigenvalue weighted by Gasteiger charge is -2.24. The number of rotatable bonds is 2. The smallest absolute Gasteiger partial charge is 0.407 e. The van der Waals surface area contributed by atoms with Crippen molar-refractivity contribution in [3.63, 3.8) is 0 Å². The van der Waals surface area contributed by atoms with Crippen LogP contribution in [0.5, 0.6) is 0 Å². The Kier molecular flexibility index (Phi) is 3.70. The molecule has 0 aromatic rings. The zero-order chi connectivity index (χ0) is 12.4. The van der Waals surface area contributed by atoms with E-state index in [1.54, 1.807) is 0 Å². The van der Waals surface area contributed by atoms with E-state index in [0.717, 1.165) is 19.3 Å². The largest absolute Gasteiger partial charge is 0.443 e. The van der Waals surface area contributed by atoms with E-state index in [1.165, 1.54) is 19.3 Å². The Morgan fingerprint density at radius 2 is 1.94 bits per heavy atom. The second-order valence-electron chi connectivity index (χ2n) is 5.45. The maximum Gasteiger partial charge on any atom is 0.407 e. The molecule has 1 N–H and O–H groups in total. The molecular weight excluding hydrogens is 234 g/mol. The number of alkyl carbamates (subject to hydrolysis) is 1. The van der Waals surface area contributed by atoms with Gasteiger partial charge in [0.1, 0.15) is 6.10 Å². The number of carbonyl (C=O) groups excluding carboxylic acids is 1. The Morgan fingerprint density at radius 3 is 2.78 bits per heavy atom. The minimum atomic E-state index is -0.289. The molecular formula is C13H21NO4. The minimum Gasteiger partial charge on any atom is -0.443 e. The van der Waals surface area contributed by atoms with Gasteiger partial charge >= 0.3 is 6.09 Å². The molecule has 3 aliphatic rings. The highest BCUT2D eigenvalue weighted by molar-refractivity contribution is 5.67. The molecule has 0 radical (unpaired) electrons. The van der Waals surface area contributed by atoms with Gasteiger partial charge in [0.05, 0.1) is 19.1 Å². The van der Waals surface area contributed by atoms with Gasteiger partial charge in [0.25, 0.3) is 0 Å². The molecule has 102 valence electrons. The zero-order valence-corrected chi connectivity index (χ0v) is 10.6. The monoisotopic (exact) mass is 255 g/mol. The van der Waals surface area contributed by atoms with Gasteiger partial charge in [-0.3, -0.25) is 0 Å². The standard InChI is InChI=1S/C13H21NO4/c15-13(14-9-4-2-1-3-5-9)18-11-8-17-12-10(11)6-7-16-12/h9-12H,1-8H2,(H,14,15)/t10?,11-,12+/m0/s1. The first kappa shape index (κ1) is 12.2. The number of amides is 1. The van der Waals surface area contributed by atoms with Gasteiger partial charge < -0.3 is 19.5 Å². The highest BCUT2D eigenvalue weighted by Crippen LogP contribution is 2.33. The van der Waals surface area contributed by atoms with Crippen LogP contribution in [-0.4, -0.2) is 37.7 Å². The van der Waals surface area contributed by atoms with Crippen molar-refractivity contribution in [2.24, 2.45) is 5.92 Å². The first-order chi connectivity index (χ1) is 8.83. The maximum absolute atomic E-state index is 11.8. The molecule has 3 atom stereocenters. The van der Waals surface area contributed by atoms with Crippen LogP contribution in [0.3, 0.4) is 0 Å². The first-order valence-corrected chi connectivity index (χ1v) is 7.03. The van der Waals surface area contributed by atoms with Crippen LogP contribution in [0.15, 0.2) is 0 Å². The molecule has 5 heteroatoms. The number of hydrogen-bond donors (Lipinski definition) is 1. The number of ether oxygens (including phenoxy) is 3. The Balaban J connectivity index is 1.45. The Bertz CT molecular complexity index is 303. The normalized spacial score (nSPS) is 36.3. The summed E-state index contributed by atoms with van der Waals surface area (Å²) in [5.74, 6) is 0.224. The van der Waals surface area contributed by atoms with E-state index < -0.39 is 0 Å². The molecule has 3 rings (SSSR count). The lowest BCUT2D eigenvalue weighted by molar-refractivity contribution is -0.0907. The second kappa shape index (κ2) is 5.45. The summed E-state index contributed by atoms with van der Waals surface area (Å²) in [7, 11) is 0. The maximum atomic E-state index is 11.8. The molecule has 0 bridgehead atoms. The van der Waals surface area contributed by atoms with Gasteiger partial charge in [-0.15, -0.1) is 0 Å². The number of carbonyl (C=O) groups is 1. The summed E-state index contributed by atoms with van der Waals surface area (Å²) < 4.78 is 16.3. The average molecular weight is 255 g/mol. The van der Waals surface area contributed by atoms with Crippen LogP contribution >= 0.6 is 0 Å². The highest BCUT2D eigenvalue weighted by Gasteiger charge is 2.43. The fourth-order valence-electron chi connectivity index (χ4n) is 3.13. The van der Waals surface area contributed by atoms with Crippen molar-refractivity contribution in [3.05, 3.63) is 0 Å². The predicted octanol–water partition coefficient (Wildman–Crippen LogP) is 1.81. The van der Waals surface area contributed by atoms with Crippen molar-refractivity contribution in [2.75, 3.05) is 13.2 Å². The third-order valence-corrected chi connectivity index (χ3v) is 4.17. The van der Waals surface area contributed by atoms with Crippen LogP contribution < -0.4 is 5.32 Å². The molecule has 2 saturated heterocycles. The SMILES string of the molecule is O=C(NC1CCCCC1)O[C@H]1CO[C@H]2OCCC21. The van der Waals surface area contributed by atoms with Crippen LogP contribution in [0.1, 0.15) is 38.5 Å². The Morgan fingerprint density at radius 1 is 1.11 bits per heavy atom. The number of hydrogen-bond acceptors (Lipinski definition) is 4. The minimum absolute atomic E-state index is 0.138. The van der Waals surface area contributed by atoms with E-state index in [9.17, 15) is 4.79 Å². The lowest BCUT2D eigenvalue weighted by Crippen LogP contribution is -2.39. The lowest BCUT2D eigenvalue weighted by atomic mass is 9.96. The first-order valence-electron chi connectivity index (χ1n) is 7.03. The van der Waals surface area contributed by atoms with E-state index in [2.05, 4.69) is 5.32 Å². The van der Waals surface area contributed by atoms with Crippen molar-refractivity contribution in [1.82, 2.24) is 5.32 Å². The van der Waals surface area contributed by atoms with E-state index >= 15 is 0 Å². The molecule has 1 amide bonds. The van der Waals surface area contributed by atoms with E-state index in [0.29, 0.717) is 19.3 Å². The van der Waals surface area contributed by atoms with Gasteiger partial charge in [-0.2, -0.15) is 0 Å². The molecule has 0 spiro atoms. The van der Waals surface area contributed by atoms with Gasteiger partial charge in [0.15, 0.2) is 6.29 Å². The predicted molar refractivity (Wildman–Crippen MR) is 64.1 cm³/mol. The molecule has 2 aliphatic heterocycles. The molecule has 1 aliphatic carbocycles. The zero-order valence-electron chi connectivity index (χ0n) is 10.6. The molecule has 0 aromatic carbocycles. The molecule has 2 heterocycles. The third-order valence-electron chi connectivity index (χ3n) is 4.17. The van der Waals surface area contributed by atoms with Crippen molar-refractivity contribution in [3.8, 4) is 0 Å². The summed E-state index contributed by atoms with van der Waals surface area (Å²) in [6.45, 7) is 1.17. The summed E-state index contributed by atoms with van der Waals surface area (Å²) in [6.07, 6.45) is 6.18. The van der Waals surface area contributed by atoms with Crippen LogP contribution in [0.25, 0.3) is 0 Å². The van der Waals surface area contributed by atoms with Crippen molar-refractivity contribution in [1.29, 1.82) is 0 Å². The molecule has 3 fully saturated rings. The topological polar surface area (TPSA) is 56.8 Å². The Labute approximate surface area is 107 Å². The van der Waals surface area contributed by atoms with Gasteiger partial charge in [0, 0.05) is 6.04 Å². The summed E-state index contributed by atoms with van der Waals surface area (Å²) in [5.41, 5.74) is 0.